The Hall–Kier alpha value is -2.87. The quantitative estimate of drug-likeness (QED) is 0.527. The van der Waals surface area contributed by atoms with Crippen LogP contribution in [0.3, 0.4) is 0 Å². The van der Waals surface area contributed by atoms with Gasteiger partial charge in [-0.15, -0.1) is 0 Å². The van der Waals surface area contributed by atoms with Crippen LogP contribution in [0.4, 0.5) is 11.8 Å². The van der Waals surface area contributed by atoms with Gasteiger partial charge in [-0.25, -0.2) is 32.2 Å². The molecular formula is C21H29N9O3S. The van der Waals surface area contributed by atoms with E-state index in [-0.39, 0.29) is 5.95 Å². The second-order valence-electron chi connectivity index (χ2n) is 8.64. The molecule has 0 aliphatic carbocycles. The minimum absolute atomic E-state index is 0.214. The zero-order chi connectivity index (χ0) is 23.7. The van der Waals surface area contributed by atoms with Crippen molar-refractivity contribution in [1.82, 2.24) is 33.8 Å². The predicted octanol–water partition coefficient (Wildman–Crippen LogP) is 0.0724. The van der Waals surface area contributed by atoms with Gasteiger partial charge in [0.2, 0.25) is 16.0 Å². The first-order valence-electron chi connectivity index (χ1n) is 11.3. The van der Waals surface area contributed by atoms with E-state index in [1.807, 2.05) is 10.7 Å². The summed E-state index contributed by atoms with van der Waals surface area (Å²) in [5.74, 6) is 1.06. The average molecular weight is 488 g/mol. The van der Waals surface area contributed by atoms with Gasteiger partial charge in [0.1, 0.15) is 5.52 Å². The Morgan fingerprint density at radius 2 is 1.82 bits per heavy atom. The van der Waals surface area contributed by atoms with Crippen molar-refractivity contribution in [2.45, 2.75) is 13.0 Å². The van der Waals surface area contributed by atoms with Crippen LogP contribution >= 0.6 is 0 Å². The molecule has 12 nitrogen and oxygen atoms in total. The van der Waals surface area contributed by atoms with E-state index < -0.39 is 10.0 Å². The molecule has 0 atom stereocenters. The van der Waals surface area contributed by atoms with Gasteiger partial charge in [-0.1, -0.05) is 0 Å². The third-order valence-electron chi connectivity index (χ3n) is 6.17. The van der Waals surface area contributed by atoms with E-state index >= 15 is 0 Å². The lowest BCUT2D eigenvalue weighted by molar-refractivity contribution is 0.122. The number of fused-ring (bicyclic) bond motifs is 1. The largest absolute Gasteiger partial charge is 0.378 e. The Bertz CT molecular complexity index is 1260. The smallest absolute Gasteiger partial charge is 0.219 e. The molecule has 0 aromatic carbocycles. The normalized spacial score (nSPS) is 18.9. The maximum Gasteiger partial charge on any atom is 0.219 e. The minimum atomic E-state index is -3.17. The summed E-state index contributed by atoms with van der Waals surface area (Å²) in [4.78, 5) is 17.6. The summed E-state index contributed by atoms with van der Waals surface area (Å²) < 4.78 is 32.8. The Balaban J connectivity index is 1.45. The highest BCUT2D eigenvalue weighted by atomic mass is 32.2. The molecule has 0 saturated carbocycles. The first kappa shape index (κ1) is 22.9. The molecule has 182 valence electrons. The number of aromatic nitrogens is 5. The zero-order valence-electron chi connectivity index (χ0n) is 19.2. The average Bonchev–Trinajstić information content (AvgIpc) is 3.07. The van der Waals surface area contributed by atoms with Crippen LogP contribution in [0.25, 0.3) is 16.8 Å². The summed E-state index contributed by atoms with van der Waals surface area (Å²) in [6.07, 6.45) is 7.27. The van der Waals surface area contributed by atoms with Crippen LogP contribution in [0, 0.1) is 0 Å². The summed E-state index contributed by atoms with van der Waals surface area (Å²) in [5, 5.41) is 4.84. The number of nitrogens with two attached hydrogens (primary N) is 1. The molecule has 0 amide bonds. The van der Waals surface area contributed by atoms with E-state index in [0.29, 0.717) is 45.1 Å². The van der Waals surface area contributed by atoms with Crippen molar-refractivity contribution in [3.63, 3.8) is 0 Å². The fourth-order valence-corrected chi connectivity index (χ4v) is 5.26. The van der Waals surface area contributed by atoms with E-state index in [4.69, 9.17) is 20.6 Å². The van der Waals surface area contributed by atoms with Crippen molar-refractivity contribution >= 4 is 27.3 Å². The Morgan fingerprint density at radius 3 is 2.56 bits per heavy atom. The molecule has 3 aromatic rings. The van der Waals surface area contributed by atoms with Gasteiger partial charge < -0.3 is 15.4 Å². The highest BCUT2D eigenvalue weighted by Gasteiger charge is 2.23. The standard InChI is InChI=1S/C21H29N9O3S/c1-34(31,32)29-4-2-3-27(5-6-29)14-17-11-19-20(28-7-9-33-10-8-28)25-18(15-30(19)26-17)16-12-23-21(22)24-13-16/h11-13,15H,2-10,14H2,1H3,(H2,22,23,24). The number of nitrogens with zero attached hydrogens (tertiary/aromatic N) is 8. The third kappa shape index (κ3) is 4.97. The molecule has 0 spiro atoms. The number of hydrogen-bond donors (Lipinski definition) is 1. The fraction of sp³-hybridized carbons (Fsp3) is 0.524. The highest BCUT2D eigenvalue weighted by molar-refractivity contribution is 7.88. The van der Waals surface area contributed by atoms with Crippen LogP contribution in [0.15, 0.2) is 24.7 Å². The van der Waals surface area contributed by atoms with Crippen LogP contribution < -0.4 is 10.6 Å². The van der Waals surface area contributed by atoms with Crippen LogP contribution in [0.1, 0.15) is 12.1 Å². The van der Waals surface area contributed by atoms with Crippen LogP contribution in [0.2, 0.25) is 0 Å². The lowest BCUT2D eigenvalue weighted by Gasteiger charge is -2.28. The number of anilines is 2. The first-order valence-corrected chi connectivity index (χ1v) is 13.2. The van der Waals surface area contributed by atoms with Gasteiger partial charge in [0.25, 0.3) is 0 Å². The fourth-order valence-electron chi connectivity index (χ4n) is 4.39. The van der Waals surface area contributed by atoms with Gasteiger partial charge in [-0.3, -0.25) is 4.90 Å². The van der Waals surface area contributed by atoms with Crippen molar-refractivity contribution in [2.24, 2.45) is 0 Å². The number of sulfonamides is 1. The Labute approximate surface area is 198 Å². The van der Waals surface area contributed by atoms with E-state index in [1.54, 1.807) is 16.7 Å². The van der Waals surface area contributed by atoms with Crippen molar-refractivity contribution in [1.29, 1.82) is 0 Å². The third-order valence-corrected chi connectivity index (χ3v) is 7.47. The molecule has 2 aliphatic rings. The van der Waals surface area contributed by atoms with E-state index in [1.165, 1.54) is 6.26 Å². The predicted molar refractivity (Wildman–Crippen MR) is 128 cm³/mol. The lowest BCUT2D eigenvalue weighted by Crippen LogP contribution is -2.37. The number of morpholine rings is 1. The number of rotatable bonds is 5. The van der Waals surface area contributed by atoms with Gasteiger partial charge in [0.05, 0.1) is 37.1 Å². The molecule has 2 saturated heterocycles. The Kier molecular flexibility index (Phi) is 6.34. The van der Waals surface area contributed by atoms with Gasteiger partial charge in [-0.05, 0) is 19.0 Å². The van der Waals surface area contributed by atoms with Crippen molar-refractivity contribution in [2.75, 3.05) is 69.4 Å². The van der Waals surface area contributed by atoms with Gasteiger partial charge in [0, 0.05) is 57.2 Å². The van der Waals surface area contributed by atoms with Crippen LogP contribution in [-0.2, 0) is 21.3 Å². The molecule has 3 aromatic heterocycles. The molecular weight excluding hydrogens is 458 g/mol. The Morgan fingerprint density at radius 1 is 1.06 bits per heavy atom. The maximum absolute atomic E-state index is 11.9. The van der Waals surface area contributed by atoms with Crippen molar-refractivity contribution < 1.29 is 13.2 Å². The molecule has 0 radical (unpaired) electrons. The molecule has 2 N–H and O–H groups in total. The molecule has 2 aliphatic heterocycles. The van der Waals surface area contributed by atoms with E-state index in [0.717, 1.165) is 48.6 Å². The summed E-state index contributed by atoms with van der Waals surface area (Å²) in [7, 11) is -3.17. The van der Waals surface area contributed by atoms with Crippen molar-refractivity contribution in [3.8, 4) is 11.3 Å². The van der Waals surface area contributed by atoms with E-state index in [9.17, 15) is 8.42 Å². The topological polar surface area (TPSA) is 135 Å². The van der Waals surface area contributed by atoms with Crippen LogP contribution in [-0.4, -0.2) is 101 Å². The van der Waals surface area contributed by atoms with Gasteiger partial charge in [-0.2, -0.15) is 5.10 Å². The number of hydrogen-bond acceptors (Lipinski definition) is 10. The van der Waals surface area contributed by atoms with Crippen LogP contribution in [0.5, 0.6) is 0 Å². The first-order chi connectivity index (χ1) is 16.4. The summed E-state index contributed by atoms with van der Waals surface area (Å²) >= 11 is 0. The minimum Gasteiger partial charge on any atom is -0.378 e. The van der Waals surface area contributed by atoms with Gasteiger partial charge >= 0.3 is 0 Å². The molecule has 13 heteroatoms. The van der Waals surface area contributed by atoms with Crippen molar-refractivity contribution in [3.05, 3.63) is 30.4 Å². The summed E-state index contributed by atoms with van der Waals surface area (Å²) in [6.45, 7) is 5.97. The number of nitrogen functional groups attached to an aromatic ring is 1. The second kappa shape index (κ2) is 9.41. The van der Waals surface area contributed by atoms with E-state index in [2.05, 4.69) is 25.8 Å². The van der Waals surface area contributed by atoms with Gasteiger partial charge in [0.15, 0.2) is 5.82 Å². The monoisotopic (exact) mass is 487 g/mol. The summed E-state index contributed by atoms with van der Waals surface area (Å²) in [5.41, 5.74) is 8.96. The zero-order valence-corrected chi connectivity index (χ0v) is 20.0. The summed E-state index contributed by atoms with van der Waals surface area (Å²) in [6, 6.07) is 2.07. The molecule has 5 rings (SSSR count). The maximum atomic E-state index is 11.9. The molecule has 34 heavy (non-hydrogen) atoms. The molecule has 5 heterocycles. The highest BCUT2D eigenvalue weighted by Crippen LogP contribution is 2.26. The molecule has 0 bridgehead atoms. The molecule has 0 unspecified atom stereocenters. The number of ether oxygens (including phenoxy) is 1. The SMILES string of the molecule is CS(=O)(=O)N1CCCN(Cc2cc3c(N4CCOCC4)nc(-c4cnc(N)nc4)cn3n2)CC1. The lowest BCUT2D eigenvalue weighted by atomic mass is 10.2. The second-order valence-corrected chi connectivity index (χ2v) is 10.6. The molecule has 2 fully saturated rings.